The van der Waals surface area contributed by atoms with Gasteiger partial charge in [-0.1, -0.05) is 6.92 Å². The SMILES string of the molecule is CCc1cc(OCC(F)(F)F)cc(C)c1C1=C(OC(=O)N(C)C)C(C)NC1=O. The average Bonchev–Trinajstić information content (AvgIpc) is 2.85. The third kappa shape index (κ3) is 4.76. The monoisotopic (exact) mass is 400 g/mol. The molecule has 0 aliphatic carbocycles. The Morgan fingerprint density at radius 3 is 2.46 bits per heavy atom. The molecule has 0 saturated heterocycles. The predicted molar refractivity (Wildman–Crippen MR) is 96.8 cm³/mol. The summed E-state index contributed by atoms with van der Waals surface area (Å²) in [5.74, 6) is -0.157. The first kappa shape index (κ1) is 21.6. The predicted octanol–water partition coefficient (Wildman–Crippen LogP) is 3.43. The van der Waals surface area contributed by atoms with Gasteiger partial charge in [0.1, 0.15) is 11.5 Å². The first-order valence-electron chi connectivity index (χ1n) is 8.72. The topological polar surface area (TPSA) is 67.9 Å². The summed E-state index contributed by atoms with van der Waals surface area (Å²) in [6, 6.07) is 2.40. The Bertz CT molecular complexity index is 816. The van der Waals surface area contributed by atoms with Crippen molar-refractivity contribution < 1.29 is 32.2 Å². The van der Waals surface area contributed by atoms with Crippen LogP contribution in [0.1, 0.15) is 30.5 Å². The largest absolute Gasteiger partial charge is 0.484 e. The summed E-state index contributed by atoms with van der Waals surface area (Å²) in [6.07, 6.45) is -4.63. The first-order chi connectivity index (χ1) is 12.9. The van der Waals surface area contributed by atoms with Gasteiger partial charge in [-0.2, -0.15) is 13.2 Å². The Balaban J connectivity index is 2.52. The molecule has 0 saturated carbocycles. The lowest BCUT2D eigenvalue weighted by molar-refractivity contribution is -0.153. The highest BCUT2D eigenvalue weighted by Gasteiger charge is 2.35. The molecule has 1 aliphatic rings. The maximum absolute atomic E-state index is 12.6. The number of rotatable bonds is 5. The Labute approximate surface area is 161 Å². The zero-order valence-electron chi connectivity index (χ0n) is 16.4. The van der Waals surface area contributed by atoms with Crippen LogP contribution in [0.3, 0.4) is 0 Å². The second-order valence-electron chi connectivity index (χ2n) is 6.73. The van der Waals surface area contributed by atoms with Crippen LogP contribution < -0.4 is 10.1 Å². The van der Waals surface area contributed by atoms with E-state index in [1.165, 1.54) is 31.1 Å². The summed E-state index contributed by atoms with van der Waals surface area (Å²) in [5.41, 5.74) is 1.91. The molecule has 28 heavy (non-hydrogen) atoms. The Morgan fingerprint density at radius 2 is 1.93 bits per heavy atom. The van der Waals surface area contributed by atoms with Gasteiger partial charge in [0.15, 0.2) is 6.61 Å². The second-order valence-corrected chi connectivity index (χ2v) is 6.73. The van der Waals surface area contributed by atoms with Crippen molar-refractivity contribution >= 4 is 17.6 Å². The highest BCUT2D eigenvalue weighted by Crippen LogP contribution is 2.35. The molecule has 2 rings (SSSR count). The van der Waals surface area contributed by atoms with Crippen LogP contribution in [0.15, 0.2) is 17.9 Å². The van der Waals surface area contributed by atoms with Crippen molar-refractivity contribution in [3.8, 4) is 5.75 Å². The number of aryl methyl sites for hydroxylation is 2. The number of carbonyl (C=O) groups is 2. The van der Waals surface area contributed by atoms with E-state index in [1.54, 1.807) is 13.8 Å². The third-order valence-corrected chi connectivity index (χ3v) is 4.20. The Morgan fingerprint density at radius 1 is 1.29 bits per heavy atom. The van der Waals surface area contributed by atoms with E-state index in [0.29, 0.717) is 23.1 Å². The Hall–Kier alpha value is -2.71. The van der Waals surface area contributed by atoms with Crippen molar-refractivity contribution in [2.24, 2.45) is 0 Å². The molecule has 1 atom stereocenters. The summed E-state index contributed by atoms with van der Waals surface area (Å²) in [4.78, 5) is 25.8. The number of halogens is 3. The van der Waals surface area contributed by atoms with Gasteiger partial charge in [-0.3, -0.25) is 4.79 Å². The van der Waals surface area contributed by atoms with E-state index in [-0.39, 0.29) is 17.1 Å². The quantitative estimate of drug-likeness (QED) is 0.822. The normalized spacial score (nSPS) is 16.9. The van der Waals surface area contributed by atoms with Gasteiger partial charge >= 0.3 is 12.3 Å². The molecule has 0 aromatic heterocycles. The van der Waals surface area contributed by atoms with Crippen LogP contribution >= 0.6 is 0 Å². The van der Waals surface area contributed by atoms with E-state index >= 15 is 0 Å². The molecular weight excluding hydrogens is 377 g/mol. The van der Waals surface area contributed by atoms with Crippen molar-refractivity contribution in [3.05, 3.63) is 34.6 Å². The highest BCUT2D eigenvalue weighted by molar-refractivity contribution is 6.23. The molecular formula is C19H23F3N2O4. The van der Waals surface area contributed by atoms with Gasteiger partial charge in [0, 0.05) is 14.1 Å². The summed E-state index contributed by atoms with van der Waals surface area (Å²) < 4.78 is 47.6. The van der Waals surface area contributed by atoms with E-state index in [4.69, 9.17) is 9.47 Å². The maximum atomic E-state index is 12.6. The minimum atomic E-state index is -4.45. The lowest BCUT2D eigenvalue weighted by Gasteiger charge is -2.18. The van der Waals surface area contributed by atoms with E-state index < -0.39 is 30.8 Å². The van der Waals surface area contributed by atoms with Crippen molar-refractivity contribution in [1.29, 1.82) is 0 Å². The van der Waals surface area contributed by atoms with E-state index in [2.05, 4.69) is 5.32 Å². The second kappa shape index (κ2) is 8.12. The van der Waals surface area contributed by atoms with Gasteiger partial charge in [0.2, 0.25) is 0 Å². The average molecular weight is 400 g/mol. The fourth-order valence-electron chi connectivity index (χ4n) is 2.93. The van der Waals surface area contributed by atoms with Gasteiger partial charge < -0.3 is 19.7 Å². The van der Waals surface area contributed by atoms with Crippen LogP contribution in [0.2, 0.25) is 0 Å². The fraction of sp³-hybridized carbons (Fsp3) is 0.474. The zero-order valence-corrected chi connectivity index (χ0v) is 16.4. The number of alkyl halides is 3. The number of amides is 2. The minimum absolute atomic E-state index is 0.0642. The maximum Gasteiger partial charge on any atom is 0.422 e. The van der Waals surface area contributed by atoms with Gasteiger partial charge in [0.25, 0.3) is 5.91 Å². The number of hydrogen-bond acceptors (Lipinski definition) is 4. The standard InChI is InChI=1S/C19H23F3N2O4/c1-6-12-8-13(27-9-19(20,21)22)7-10(2)14(12)15-16(11(3)23-17(15)25)28-18(26)24(4)5/h7-8,11H,6,9H2,1-5H3,(H,23,25). The van der Waals surface area contributed by atoms with E-state index in [1.807, 2.05) is 6.92 Å². The van der Waals surface area contributed by atoms with Crippen molar-refractivity contribution in [2.45, 2.75) is 39.4 Å². The molecule has 2 amide bonds. The van der Waals surface area contributed by atoms with Crippen molar-refractivity contribution in [2.75, 3.05) is 20.7 Å². The van der Waals surface area contributed by atoms with Crippen LogP contribution in [-0.4, -0.2) is 49.8 Å². The summed E-state index contributed by atoms with van der Waals surface area (Å²) in [6.45, 7) is 3.77. The number of ether oxygens (including phenoxy) is 2. The third-order valence-electron chi connectivity index (χ3n) is 4.20. The summed E-state index contributed by atoms with van der Waals surface area (Å²) >= 11 is 0. The van der Waals surface area contributed by atoms with E-state index in [9.17, 15) is 22.8 Å². The molecule has 1 aromatic carbocycles. The van der Waals surface area contributed by atoms with Gasteiger partial charge in [0.05, 0.1) is 11.6 Å². The minimum Gasteiger partial charge on any atom is -0.484 e. The van der Waals surface area contributed by atoms with Crippen LogP contribution in [0, 0.1) is 6.92 Å². The van der Waals surface area contributed by atoms with Crippen LogP contribution in [-0.2, 0) is 16.0 Å². The summed E-state index contributed by atoms with van der Waals surface area (Å²) in [5, 5.41) is 2.71. The molecule has 6 nitrogen and oxygen atoms in total. The summed E-state index contributed by atoms with van der Waals surface area (Å²) in [7, 11) is 3.04. The van der Waals surface area contributed by atoms with Crippen LogP contribution in [0.25, 0.3) is 5.57 Å². The molecule has 1 unspecified atom stereocenters. The number of nitrogens with zero attached hydrogens (tertiary/aromatic N) is 1. The molecule has 1 aliphatic heterocycles. The molecule has 9 heteroatoms. The number of carbonyl (C=O) groups excluding carboxylic acids is 2. The highest BCUT2D eigenvalue weighted by atomic mass is 19.4. The van der Waals surface area contributed by atoms with E-state index in [0.717, 1.165) is 0 Å². The zero-order chi connectivity index (χ0) is 21.2. The molecule has 0 radical (unpaired) electrons. The lowest BCUT2D eigenvalue weighted by atomic mass is 9.92. The van der Waals surface area contributed by atoms with Gasteiger partial charge in [-0.15, -0.1) is 0 Å². The number of hydrogen-bond donors (Lipinski definition) is 1. The molecule has 0 spiro atoms. The van der Waals surface area contributed by atoms with Crippen LogP contribution in [0.5, 0.6) is 5.75 Å². The molecule has 0 bridgehead atoms. The number of benzene rings is 1. The lowest BCUT2D eigenvalue weighted by Crippen LogP contribution is -2.29. The molecule has 1 aromatic rings. The molecule has 0 fully saturated rings. The smallest absolute Gasteiger partial charge is 0.422 e. The van der Waals surface area contributed by atoms with Crippen LogP contribution in [0.4, 0.5) is 18.0 Å². The van der Waals surface area contributed by atoms with Gasteiger partial charge in [-0.05, 0) is 49.1 Å². The number of nitrogens with one attached hydrogen (secondary N) is 1. The van der Waals surface area contributed by atoms with Crippen molar-refractivity contribution in [3.63, 3.8) is 0 Å². The van der Waals surface area contributed by atoms with Crippen molar-refractivity contribution in [1.82, 2.24) is 10.2 Å². The fourth-order valence-corrected chi connectivity index (χ4v) is 2.93. The Kier molecular flexibility index (Phi) is 6.26. The molecule has 1 heterocycles. The van der Waals surface area contributed by atoms with Gasteiger partial charge in [-0.25, -0.2) is 4.79 Å². The first-order valence-corrected chi connectivity index (χ1v) is 8.72. The molecule has 1 N–H and O–H groups in total. The molecule has 154 valence electrons.